The van der Waals surface area contributed by atoms with Crippen LogP contribution in [-0.4, -0.2) is 211 Å². The Morgan fingerprint density at radius 2 is 1.53 bits per heavy atom. The highest BCUT2D eigenvalue weighted by Crippen LogP contribution is 2.39. The van der Waals surface area contributed by atoms with Crippen molar-refractivity contribution in [1.82, 2.24) is 19.8 Å². The molecule has 4 aliphatic heterocycles. The van der Waals surface area contributed by atoms with Gasteiger partial charge < -0.3 is 67.9 Å². The molecule has 93 heavy (non-hydrogen) atoms. The summed E-state index contributed by atoms with van der Waals surface area (Å²) in [4.78, 5) is 110. The zero-order valence-corrected chi connectivity index (χ0v) is 57.1. The van der Waals surface area contributed by atoms with E-state index in [2.05, 4.69) is 9.97 Å². The number of fused-ring (bicyclic) bond motifs is 3. The van der Waals surface area contributed by atoms with Crippen LogP contribution in [0.5, 0.6) is 0 Å². The number of aryl methyl sites for hydroxylation is 1. The monoisotopic (exact) mass is 1310 g/mol. The van der Waals surface area contributed by atoms with Crippen LogP contribution in [-0.2, 0) is 77.9 Å². The average Bonchev–Trinajstić information content (AvgIpc) is 0.803. The van der Waals surface area contributed by atoms with E-state index in [4.69, 9.17) is 37.9 Å². The van der Waals surface area contributed by atoms with E-state index in [1.807, 2.05) is 78.0 Å². The zero-order valence-electron chi connectivity index (χ0n) is 57.1. The Morgan fingerprint density at radius 3 is 2.20 bits per heavy atom. The molecule has 4 fully saturated rings. The highest BCUT2D eigenvalue weighted by molar-refractivity contribution is 6.39. The molecule has 0 unspecified atom stereocenters. The number of nitrogens with zero attached hydrogens (tertiary/aromatic N) is 5. The molecule has 1 aromatic heterocycles. The number of allylic oxidation sites excluding steroid dienone is 5. The fourth-order valence-corrected chi connectivity index (χ4v) is 13.8. The van der Waals surface area contributed by atoms with Crippen LogP contribution in [0.15, 0.2) is 60.0 Å². The van der Waals surface area contributed by atoms with E-state index in [-0.39, 0.29) is 87.8 Å². The molecule has 5 heterocycles. The Bertz CT molecular complexity index is 2760. The zero-order chi connectivity index (χ0) is 68.1. The van der Waals surface area contributed by atoms with Gasteiger partial charge in [0.1, 0.15) is 36.5 Å². The minimum Gasteiger partial charge on any atom is -0.480 e. The van der Waals surface area contributed by atoms with Gasteiger partial charge in [-0.1, -0.05) is 78.0 Å². The van der Waals surface area contributed by atoms with Crippen molar-refractivity contribution < 1.29 is 86.8 Å². The first kappa shape index (κ1) is 76.2. The van der Waals surface area contributed by atoms with Gasteiger partial charge in [-0.25, -0.2) is 19.6 Å². The first-order valence-electron chi connectivity index (χ1n) is 33.7. The lowest BCUT2D eigenvalue weighted by atomic mass is 9.78. The Morgan fingerprint density at radius 1 is 0.796 bits per heavy atom. The quantitative estimate of drug-likeness (QED) is 0.0554. The molecule has 1 saturated carbocycles. The van der Waals surface area contributed by atoms with Crippen molar-refractivity contribution in [3.63, 3.8) is 0 Å². The fraction of sp³-hybridized carbons (Fsp3) is 0.729. The van der Waals surface area contributed by atoms with E-state index in [1.54, 1.807) is 52.5 Å². The van der Waals surface area contributed by atoms with Gasteiger partial charge in [0, 0.05) is 104 Å². The number of piperidine rings is 1. The molecule has 6 rings (SSSR count). The summed E-state index contributed by atoms with van der Waals surface area (Å²) in [6, 6.07) is -2.22. The molecular formula is C70H107N5O18. The number of carbonyl (C=O) groups is 7. The van der Waals surface area contributed by atoms with Crippen molar-refractivity contribution >= 4 is 47.2 Å². The molecule has 0 radical (unpaired) electrons. The number of aliphatic hydroxyl groups is 2. The maximum absolute atomic E-state index is 14.9. The molecule has 1 aliphatic carbocycles. The van der Waals surface area contributed by atoms with Gasteiger partial charge in [-0.3, -0.25) is 24.0 Å². The predicted octanol–water partition coefficient (Wildman–Crippen LogP) is 7.52. The number of esters is 2. The summed E-state index contributed by atoms with van der Waals surface area (Å²) < 4.78 is 48.1. The molecule has 23 heteroatoms. The topological polar surface area (TPSA) is 290 Å². The molecule has 5 aliphatic rings. The standard InChI is InChI=1S/C70H107N5O18/c1-13-32-90-33-28-60(76)74-31-30-73(42-54(74)67(82)83)69-71-40-51(41-72-69)24-27-61(77)91-55-26-23-50(37-59(55)88-11)36-46(5)58-39-57(87-10)45(4)35-48(7)63(79)64(89-12)62(78)47(6)34-43(2)19-15-14-16-20-44(3)56(86-9)38-52-25-22-49(8)70(85,93-52)65(80)66(81)75-29-18-17-21-53(75)68(84)92-58/h14-16,19-20,35,40-41,43,45-47,49-50,52-59,63-64,79,85H,13,17-18,21-34,36-39,42H2,1-12H3,(H,82,83)/b16-14+,19-15+,44-20+,48-35+/t43-,45-,46-,47-,49-,50+,52+,53+,54-,55-,56+,57-,58+,59-,63-,64+,70-/m1/s1. The van der Waals surface area contributed by atoms with Crippen LogP contribution in [0, 0.1) is 35.5 Å². The number of ether oxygens (including phenoxy) is 8. The van der Waals surface area contributed by atoms with Gasteiger partial charge in [0.15, 0.2) is 5.78 Å². The van der Waals surface area contributed by atoms with Gasteiger partial charge in [-0.2, -0.15) is 0 Å². The van der Waals surface area contributed by atoms with E-state index in [9.17, 15) is 48.9 Å². The molecule has 17 atom stereocenters. The number of cyclic esters (lactones) is 1. The smallest absolute Gasteiger partial charge is 0.329 e. The van der Waals surface area contributed by atoms with E-state index in [1.165, 1.54) is 16.9 Å². The Hall–Kier alpha value is -5.79. The number of amides is 2. The minimum absolute atomic E-state index is 0.00846. The number of methoxy groups -OCH3 is 4. The summed E-state index contributed by atoms with van der Waals surface area (Å²) in [5.74, 6) is -8.90. The number of hydrogen-bond donors (Lipinski definition) is 3. The first-order valence-corrected chi connectivity index (χ1v) is 33.7. The van der Waals surface area contributed by atoms with Crippen molar-refractivity contribution in [2.45, 2.75) is 225 Å². The summed E-state index contributed by atoms with van der Waals surface area (Å²) in [7, 11) is 6.13. The third kappa shape index (κ3) is 21.1. The number of carbonyl (C=O) groups excluding carboxylic acids is 6. The van der Waals surface area contributed by atoms with Crippen molar-refractivity contribution in [1.29, 1.82) is 0 Å². The summed E-state index contributed by atoms with van der Waals surface area (Å²) in [6.45, 7) is 16.4. The number of aromatic nitrogens is 2. The number of carboxylic acids is 1. The number of ketones is 2. The Labute approximate surface area is 550 Å². The molecule has 1 aromatic rings. The van der Waals surface area contributed by atoms with E-state index in [0.29, 0.717) is 94.4 Å². The SMILES string of the molecule is CCCOCCC(=O)N1CCN(c2ncc(CCC(=O)O[C@@H]3CC[C@@H](C[C@@H](C)[C@@H]4C[C@@H](OC)[C@H](C)/C=C(\C)[C@@H](O)[C@@H](OC)C(=O)[C@H](C)C[C@H](C)/C=C/C=C/C=C(\C)[C@@H](OC)C[C@@H]5CC[C@@H](C)[C@@](O)(O5)C(=O)C(=O)N5CCCC[C@H]5C(=O)O4)C[C@H]3OC)cn2)C[C@@H]1C(=O)O. The van der Waals surface area contributed by atoms with Gasteiger partial charge in [0.05, 0.1) is 44.0 Å². The summed E-state index contributed by atoms with van der Waals surface area (Å²) in [6.07, 6.45) is 15.5. The lowest BCUT2D eigenvalue weighted by molar-refractivity contribution is -0.265. The highest BCUT2D eigenvalue weighted by atomic mass is 16.6. The van der Waals surface area contributed by atoms with Gasteiger partial charge in [0.2, 0.25) is 17.6 Å². The van der Waals surface area contributed by atoms with Crippen LogP contribution >= 0.6 is 0 Å². The third-order valence-electron chi connectivity index (χ3n) is 19.6. The lowest BCUT2D eigenvalue weighted by Crippen LogP contribution is -2.61. The molecule has 0 spiro atoms. The fourth-order valence-electron chi connectivity index (χ4n) is 13.8. The van der Waals surface area contributed by atoms with Gasteiger partial charge >= 0.3 is 17.9 Å². The van der Waals surface area contributed by atoms with Crippen molar-refractivity contribution in [2.24, 2.45) is 35.5 Å². The number of piperazine rings is 1. The maximum atomic E-state index is 14.9. The molecule has 2 amide bonds. The van der Waals surface area contributed by atoms with Crippen LogP contribution < -0.4 is 4.90 Å². The average molecular weight is 1310 g/mol. The second kappa shape index (κ2) is 36.9. The van der Waals surface area contributed by atoms with Crippen molar-refractivity contribution in [2.75, 3.05) is 72.7 Å². The first-order chi connectivity index (χ1) is 44.4. The second-order valence-corrected chi connectivity index (χ2v) is 26.6. The largest absolute Gasteiger partial charge is 0.480 e. The molecule has 520 valence electrons. The van der Waals surface area contributed by atoms with Gasteiger partial charge in [0.25, 0.3) is 11.7 Å². The third-order valence-corrected chi connectivity index (χ3v) is 19.6. The Balaban J connectivity index is 1.17. The number of rotatable bonds is 18. The second-order valence-electron chi connectivity index (χ2n) is 26.6. The van der Waals surface area contributed by atoms with E-state index < -0.39 is 114 Å². The number of hydrogen-bond acceptors (Lipinski definition) is 20. The van der Waals surface area contributed by atoms with Crippen molar-refractivity contribution in [3.8, 4) is 0 Å². The number of carboxylic acid groups (broad SMARTS) is 1. The predicted molar refractivity (Wildman–Crippen MR) is 346 cm³/mol. The molecule has 2 bridgehead atoms. The maximum Gasteiger partial charge on any atom is 0.329 e. The van der Waals surface area contributed by atoms with E-state index in [0.717, 1.165) is 12.0 Å². The van der Waals surface area contributed by atoms with Crippen LogP contribution in [0.1, 0.15) is 157 Å². The molecule has 23 nitrogen and oxygen atoms in total. The molecule has 0 aromatic carbocycles. The highest BCUT2D eigenvalue weighted by Gasteiger charge is 2.53. The van der Waals surface area contributed by atoms with E-state index >= 15 is 0 Å². The van der Waals surface area contributed by atoms with Gasteiger partial charge in [-0.05, 0) is 125 Å². The summed E-state index contributed by atoms with van der Waals surface area (Å²) in [5.41, 5.74) is 2.04. The van der Waals surface area contributed by atoms with Crippen LogP contribution in [0.25, 0.3) is 0 Å². The Kier molecular flexibility index (Phi) is 30.3. The molecular weight excluding hydrogens is 1200 g/mol. The van der Waals surface area contributed by atoms with Crippen LogP contribution in [0.2, 0.25) is 0 Å². The molecule has 3 N–H and O–H groups in total. The van der Waals surface area contributed by atoms with Crippen LogP contribution in [0.4, 0.5) is 5.95 Å². The molecule has 3 saturated heterocycles. The minimum atomic E-state index is -2.46. The number of Topliss-reactive ketones (excluding diaryl/α,β-unsaturated/α-hetero) is 2. The lowest BCUT2D eigenvalue weighted by Gasteiger charge is -2.43. The van der Waals surface area contributed by atoms with Gasteiger partial charge in [-0.15, -0.1) is 0 Å². The van der Waals surface area contributed by atoms with Crippen LogP contribution in [0.3, 0.4) is 0 Å². The normalized spacial score (nSPS) is 34.3. The number of aliphatic hydroxyl groups excluding tert-OH is 1. The van der Waals surface area contributed by atoms with Crippen molar-refractivity contribution in [3.05, 3.63) is 65.6 Å². The number of aliphatic carboxylic acids is 1. The summed E-state index contributed by atoms with van der Waals surface area (Å²) in [5, 5.41) is 33.9. The summed E-state index contributed by atoms with van der Waals surface area (Å²) >= 11 is 0. The number of anilines is 1.